The number of carbonyl (C=O) groups is 2. The van der Waals surface area contributed by atoms with Gasteiger partial charge in [0.15, 0.2) is 11.6 Å². The van der Waals surface area contributed by atoms with Crippen molar-refractivity contribution in [2.24, 2.45) is 5.73 Å². The summed E-state index contributed by atoms with van der Waals surface area (Å²) in [7, 11) is 0. The molecule has 0 saturated heterocycles. The van der Waals surface area contributed by atoms with Crippen LogP contribution in [0.1, 0.15) is 37.4 Å². The van der Waals surface area contributed by atoms with Crippen LogP contribution in [0, 0.1) is 5.82 Å². The highest BCUT2D eigenvalue weighted by atomic mass is 19.4. The first kappa shape index (κ1) is 22.3. The number of rotatable bonds is 6. The van der Waals surface area contributed by atoms with Gasteiger partial charge in [-0.2, -0.15) is 13.2 Å². The number of halogens is 4. The van der Waals surface area contributed by atoms with Crippen LogP contribution >= 0.6 is 0 Å². The topological polar surface area (TPSA) is 85.5 Å². The molecule has 1 aliphatic heterocycles. The molecule has 6 nitrogen and oxygen atoms in total. The lowest BCUT2D eigenvalue weighted by Crippen LogP contribution is -2.23. The van der Waals surface area contributed by atoms with Crippen molar-refractivity contribution in [1.29, 1.82) is 0 Å². The number of benzene rings is 2. The SMILES string of the molecule is NC(=O)c1ccc(CN2Cc3ccnc(Oc4ccc(CC(F)(F)F)cc4F)c3C2=O)cc1. The molecule has 0 fully saturated rings. The van der Waals surface area contributed by atoms with E-state index in [1.807, 2.05) is 0 Å². The summed E-state index contributed by atoms with van der Waals surface area (Å²) < 4.78 is 57.5. The van der Waals surface area contributed by atoms with Gasteiger partial charge in [0, 0.05) is 24.8 Å². The molecule has 0 atom stereocenters. The average molecular weight is 459 g/mol. The first-order valence-corrected chi connectivity index (χ1v) is 9.79. The Hall–Kier alpha value is -3.95. The Balaban J connectivity index is 1.53. The van der Waals surface area contributed by atoms with Gasteiger partial charge in [-0.25, -0.2) is 9.37 Å². The van der Waals surface area contributed by atoms with E-state index < -0.39 is 24.3 Å². The number of amides is 2. The third kappa shape index (κ3) is 4.94. The molecule has 2 amide bonds. The van der Waals surface area contributed by atoms with Crippen LogP contribution in [-0.4, -0.2) is 27.9 Å². The molecule has 2 heterocycles. The fraction of sp³-hybridized carbons (Fsp3) is 0.174. The van der Waals surface area contributed by atoms with Crippen LogP contribution in [0.5, 0.6) is 11.6 Å². The van der Waals surface area contributed by atoms with Crippen molar-refractivity contribution in [3.8, 4) is 11.6 Å². The van der Waals surface area contributed by atoms with Gasteiger partial charge in [-0.3, -0.25) is 9.59 Å². The molecule has 2 aromatic carbocycles. The molecular weight excluding hydrogens is 442 g/mol. The van der Waals surface area contributed by atoms with Crippen molar-refractivity contribution < 1.29 is 31.9 Å². The quantitative estimate of drug-likeness (QED) is 0.555. The second-order valence-electron chi connectivity index (χ2n) is 7.53. The number of carbonyl (C=O) groups excluding carboxylic acids is 2. The average Bonchev–Trinajstić information content (AvgIpc) is 3.05. The molecule has 0 radical (unpaired) electrons. The van der Waals surface area contributed by atoms with Crippen LogP contribution < -0.4 is 10.5 Å². The molecule has 170 valence electrons. The van der Waals surface area contributed by atoms with Crippen molar-refractivity contribution in [3.63, 3.8) is 0 Å². The van der Waals surface area contributed by atoms with Crippen molar-refractivity contribution in [2.75, 3.05) is 0 Å². The molecule has 2 N–H and O–H groups in total. The zero-order valence-corrected chi connectivity index (χ0v) is 17.0. The highest BCUT2D eigenvalue weighted by Crippen LogP contribution is 2.34. The first-order chi connectivity index (χ1) is 15.6. The van der Waals surface area contributed by atoms with Gasteiger partial charge in [-0.15, -0.1) is 0 Å². The van der Waals surface area contributed by atoms with Crippen LogP contribution in [-0.2, 0) is 19.5 Å². The number of hydrogen-bond acceptors (Lipinski definition) is 4. The number of primary amides is 1. The number of aromatic nitrogens is 1. The van der Waals surface area contributed by atoms with Crippen LogP contribution in [0.3, 0.4) is 0 Å². The molecule has 0 spiro atoms. The maximum absolute atomic E-state index is 14.4. The number of alkyl halides is 3. The summed E-state index contributed by atoms with van der Waals surface area (Å²) in [6.07, 6.45) is -4.33. The Labute approximate surface area is 185 Å². The number of fused-ring (bicyclic) bond motifs is 1. The van der Waals surface area contributed by atoms with E-state index in [1.54, 1.807) is 30.3 Å². The standard InChI is InChI=1S/C23H17F4N3O3/c24-17-9-14(10-23(25,26)27)3-6-18(17)33-21-19-16(7-8-29-21)12-30(22(19)32)11-13-1-4-15(5-2-13)20(28)31/h1-9H,10-12H2,(H2,28,31). The molecule has 1 aromatic heterocycles. The minimum Gasteiger partial charge on any atom is -0.435 e. The highest BCUT2D eigenvalue weighted by molar-refractivity contribution is 6.00. The smallest absolute Gasteiger partial charge is 0.393 e. The van der Waals surface area contributed by atoms with E-state index in [1.165, 1.54) is 11.1 Å². The Morgan fingerprint density at radius 3 is 2.42 bits per heavy atom. The van der Waals surface area contributed by atoms with E-state index in [0.717, 1.165) is 23.8 Å². The van der Waals surface area contributed by atoms with Crippen molar-refractivity contribution in [2.45, 2.75) is 25.7 Å². The third-order valence-electron chi connectivity index (χ3n) is 5.08. The largest absolute Gasteiger partial charge is 0.435 e. The fourth-order valence-electron chi connectivity index (χ4n) is 3.55. The van der Waals surface area contributed by atoms with Crippen LogP contribution in [0.15, 0.2) is 54.7 Å². The Bertz CT molecular complexity index is 1230. The minimum absolute atomic E-state index is 0.133. The number of nitrogens with two attached hydrogens (primary N) is 1. The van der Waals surface area contributed by atoms with Gasteiger partial charge in [0.25, 0.3) is 5.91 Å². The van der Waals surface area contributed by atoms with Gasteiger partial charge >= 0.3 is 6.18 Å². The van der Waals surface area contributed by atoms with E-state index in [4.69, 9.17) is 10.5 Å². The van der Waals surface area contributed by atoms with E-state index in [2.05, 4.69) is 4.98 Å². The van der Waals surface area contributed by atoms with Gasteiger partial charge in [-0.1, -0.05) is 18.2 Å². The number of pyridine rings is 1. The lowest BCUT2D eigenvalue weighted by Gasteiger charge is -2.16. The monoisotopic (exact) mass is 459 g/mol. The Morgan fingerprint density at radius 2 is 1.79 bits per heavy atom. The summed E-state index contributed by atoms with van der Waals surface area (Å²) in [6.45, 7) is 0.504. The Kier molecular flexibility index (Phi) is 5.75. The predicted octanol–water partition coefficient (Wildman–Crippen LogP) is 4.37. The van der Waals surface area contributed by atoms with Crippen molar-refractivity contribution >= 4 is 11.8 Å². The van der Waals surface area contributed by atoms with Gasteiger partial charge in [-0.05, 0) is 47.0 Å². The summed E-state index contributed by atoms with van der Waals surface area (Å²) in [5, 5.41) is 0. The minimum atomic E-state index is -4.47. The van der Waals surface area contributed by atoms with Crippen LogP contribution in [0.25, 0.3) is 0 Å². The molecule has 0 unspecified atom stereocenters. The normalized spacial score (nSPS) is 13.2. The van der Waals surface area contributed by atoms with Gasteiger partial charge in [0.1, 0.15) is 5.56 Å². The zero-order chi connectivity index (χ0) is 23.8. The molecule has 10 heteroatoms. The molecule has 0 bridgehead atoms. The number of ether oxygens (including phenoxy) is 1. The first-order valence-electron chi connectivity index (χ1n) is 9.79. The highest BCUT2D eigenvalue weighted by Gasteiger charge is 2.32. The van der Waals surface area contributed by atoms with Gasteiger partial charge in [0.2, 0.25) is 11.8 Å². The van der Waals surface area contributed by atoms with Crippen molar-refractivity contribution in [3.05, 3.63) is 88.4 Å². The van der Waals surface area contributed by atoms with Crippen LogP contribution in [0.2, 0.25) is 0 Å². The molecule has 0 saturated carbocycles. The lowest BCUT2D eigenvalue weighted by molar-refractivity contribution is -0.127. The molecule has 0 aliphatic carbocycles. The molecule has 4 rings (SSSR count). The van der Waals surface area contributed by atoms with E-state index in [-0.39, 0.29) is 41.8 Å². The van der Waals surface area contributed by atoms with E-state index in [9.17, 15) is 27.2 Å². The van der Waals surface area contributed by atoms with Gasteiger partial charge < -0.3 is 15.4 Å². The maximum atomic E-state index is 14.4. The maximum Gasteiger partial charge on any atom is 0.393 e. The summed E-state index contributed by atoms with van der Waals surface area (Å²) in [4.78, 5) is 29.8. The lowest BCUT2D eigenvalue weighted by atomic mass is 10.1. The second kappa shape index (κ2) is 8.53. The fourth-order valence-corrected chi connectivity index (χ4v) is 3.55. The summed E-state index contributed by atoms with van der Waals surface area (Å²) in [6, 6.07) is 11.1. The number of nitrogens with zero attached hydrogens (tertiary/aromatic N) is 2. The summed E-state index contributed by atoms with van der Waals surface area (Å²) in [5.41, 5.74) is 6.87. The Morgan fingerprint density at radius 1 is 1.09 bits per heavy atom. The molecule has 3 aromatic rings. The van der Waals surface area contributed by atoms with E-state index >= 15 is 0 Å². The van der Waals surface area contributed by atoms with Crippen LogP contribution in [0.4, 0.5) is 17.6 Å². The third-order valence-corrected chi connectivity index (χ3v) is 5.08. The van der Waals surface area contributed by atoms with Gasteiger partial charge in [0.05, 0.1) is 6.42 Å². The predicted molar refractivity (Wildman–Crippen MR) is 109 cm³/mol. The van der Waals surface area contributed by atoms with Crippen molar-refractivity contribution in [1.82, 2.24) is 9.88 Å². The number of hydrogen-bond donors (Lipinski definition) is 1. The molecular formula is C23H17F4N3O3. The molecule has 1 aliphatic rings. The second-order valence-corrected chi connectivity index (χ2v) is 7.53. The van der Waals surface area contributed by atoms with E-state index in [0.29, 0.717) is 11.1 Å². The molecule has 33 heavy (non-hydrogen) atoms. The summed E-state index contributed by atoms with van der Waals surface area (Å²) >= 11 is 0. The zero-order valence-electron chi connectivity index (χ0n) is 17.0. The summed E-state index contributed by atoms with van der Waals surface area (Å²) in [5.74, 6) is -2.41.